The minimum atomic E-state index is -1.02. The molecule has 0 saturated carbocycles. The third-order valence-electron chi connectivity index (χ3n) is 4.40. The molecule has 0 aliphatic carbocycles. The molecule has 0 radical (unpaired) electrons. The number of rotatable bonds is 6. The van der Waals surface area contributed by atoms with E-state index in [2.05, 4.69) is 4.98 Å². The van der Waals surface area contributed by atoms with Crippen LogP contribution >= 0.6 is 0 Å². The Morgan fingerprint density at radius 2 is 1.88 bits per heavy atom. The van der Waals surface area contributed by atoms with Crippen LogP contribution in [-0.4, -0.2) is 52.7 Å². The van der Waals surface area contributed by atoms with E-state index in [4.69, 9.17) is 9.47 Å². The van der Waals surface area contributed by atoms with Gasteiger partial charge in [0.1, 0.15) is 18.4 Å². The second-order valence-electron chi connectivity index (χ2n) is 6.07. The number of hydrogen-bond donors (Lipinski definition) is 1. The molecule has 7 heteroatoms. The number of methoxy groups -OCH3 is 1. The van der Waals surface area contributed by atoms with Crippen molar-refractivity contribution in [3.05, 3.63) is 59.9 Å². The van der Waals surface area contributed by atoms with Crippen LogP contribution in [0.15, 0.2) is 48.8 Å². The maximum Gasteiger partial charge on any atom is 0.326 e. The summed E-state index contributed by atoms with van der Waals surface area (Å²) < 4.78 is 10.9. The summed E-state index contributed by atoms with van der Waals surface area (Å²) in [6, 6.07) is 9.55. The van der Waals surface area contributed by atoms with Crippen LogP contribution in [0.1, 0.15) is 22.3 Å². The molecule has 26 heavy (non-hydrogen) atoms. The largest absolute Gasteiger partial charge is 0.489 e. The molecule has 0 spiro atoms. The molecule has 1 aromatic carbocycles. The zero-order valence-electron chi connectivity index (χ0n) is 14.4. The van der Waals surface area contributed by atoms with Gasteiger partial charge in [-0.15, -0.1) is 0 Å². The van der Waals surface area contributed by atoms with E-state index in [0.29, 0.717) is 24.3 Å². The molecule has 1 aromatic heterocycles. The number of aliphatic carboxylic acids is 1. The molecule has 1 saturated heterocycles. The monoisotopic (exact) mass is 356 g/mol. The molecule has 0 bridgehead atoms. The Morgan fingerprint density at radius 3 is 2.50 bits per heavy atom. The van der Waals surface area contributed by atoms with Gasteiger partial charge in [-0.05, 0) is 42.0 Å². The van der Waals surface area contributed by atoms with Gasteiger partial charge in [0.05, 0.1) is 6.10 Å². The summed E-state index contributed by atoms with van der Waals surface area (Å²) in [5.74, 6) is -0.711. The van der Waals surface area contributed by atoms with E-state index in [1.165, 1.54) is 12.0 Å². The standard InChI is InChI=1S/C19H20N2O5/c1-25-16-10-17(19(23)24)21(11-16)18(22)14-2-4-15(5-3-14)26-12-13-6-8-20-9-7-13/h2-9,16-17H,10-12H2,1H3,(H,23,24). The van der Waals surface area contributed by atoms with Crippen molar-refractivity contribution in [1.29, 1.82) is 0 Å². The van der Waals surface area contributed by atoms with Gasteiger partial charge >= 0.3 is 5.97 Å². The van der Waals surface area contributed by atoms with Gasteiger partial charge in [-0.3, -0.25) is 9.78 Å². The SMILES string of the molecule is COC1CC(C(=O)O)N(C(=O)c2ccc(OCc3ccncc3)cc2)C1. The van der Waals surface area contributed by atoms with E-state index < -0.39 is 12.0 Å². The number of hydrogen-bond acceptors (Lipinski definition) is 5. The molecule has 1 aliphatic rings. The maximum absolute atomic E-state index is 12.7. The van der Waals surface area contributed by atoms with Gasteiger partial charge in [0.25, 0.3) is 5.91 Å². The summed E-state index contributed by atoms with van der Waals surface area (Å²) in [4.78, 5) is 29.4. The Kier molecular flexibility index (Phi) is 5.48. The fourth-order valence-corrected chi connectivity index (χ4v) is 2.93. The van der Waals surface area contributed by atoms with Gasteiger partial charge in [-0.2, -0.15) is 0 Å². The molecule has 2 heterocycles. The van der Waals surface area contributed by atoms with Crippen LogP contribution < -0.4 is 4.74 Å². The van der Waals surface area contributed by atoms with Crippen LogP contribution in [0.5, 0.6) is 5.75 Å². The fourth-order valence-electron chi connectivity index (χ4n) is 2.93. The first-order valence-corrected chi connectivity index (χ1v) is 8.27. The third-order valence-corrected chi connectivity index (χ3v) is 4.40. The quantitative estimate of drug-likeness (QED) is 0.851. The molecule has 2 aromatic rings. The summed E-state index contributed by atoms with van der Waals surface area (Å²) in [5, 5.41) is 9.34. The summed E-state index contributed by atoms with van der Waals surface area (Å²) in [5.41, 5.74) is 1.41. The number of carboxylic acids is 1. The van der Waals surface area contributed by atoms with E-state index in [9.17, 15) is 14.7 Å². The number of carbonyl (C=O) groups is 2. The lowest BCUT2D eigenvalue weighted by atomic mass is 10.1. The third kappa shape index (κ3) is 4.00. The van der Waals surface area contributed by atoms with Crippen molar-refractivity contribution in [2.75, 3.05) is 13.7 Å². The first kappa shape index (κ1) is 17.9. The Morgan fingerprint density at radius 1 is 1.19 bits per heavy atom. The molecule has 1 amide bonds. The number of benzene rings is 1. The lowest BCUT2D eigenvalue weighted by molar-refractivity contribution is -0.141. The highest BCUT2D eigenvalue weighted by molar-refractivity contribution is 5.97. The number of pyridine rings is 1. The number of carboxylic acid groups (broad SMARTS) is 1. The number of nitrogens with zero attached hydrogens (tertiary/aromatic N) is 2. The molecule has 2 unspecified atom stereocenters. The Hall–Kier alpha value is -2.93. The smallest absolute Gasteiger partial charge is 0.326 e. The highest BCUT2D eigenvalue weighted by Crippen LogP contribution is 2.23. The molecule has 1 N–H and O–H groups in total. The maximum atomic E-state index is 12.7. The molecule has 1 fully saturated rings. The van der Waals surface area contributed by atoms with Crippen LogP contribution in [0.2, 0.25) is 0 Å². The van der Waals surface area contributed by atoms with Gasteiger partial charge < -0.3 is 19.5 Å². The summed E-state index contributed by atoms with van der Waals surface area (Å²) in [6.45, 7) is 0.672. The zero-order valence-corrected chi connectivity index (χ0v) is 14.4. The number of likely N-dealkylation sites (tertiary alicyclic amines) is 1. The molecule has 136 valence electrons. The highest BCUT2D eigenvalue weighted by Gasteiger charge is 2.40. The van der Waals surface area contributed by atoms with Crippen molar-refractivity contribution in [2.24, 2.45) is 0 Å². The van der Waals surface area contributed by atoms with E-state index in [-0.39, 0.29) is 18.6 Å². The van der Waals surface area contributed by atoms with Gasteiger partial charge in [-0.25, -0.2) is 4.79 Å². The van der Waals surface area contributed by atoms with Gasteiger partial charge in [-0.1, -0.05) is 0 Å². The van der Waals surface area contributed by atoms with Crippen LogP contribution in [0.25, 0.3) is 0 Å². The van der Waals surface area contributed by atoms with Crippen LogP contribution in [0.3, 0.4) is 0 Å². The van der Waals surface area contributed by atoms with E-state index in [1.54, 1.807) is 36.7 Å². The minimum absolute atomic E-state index is 0.261. The van der Waals surface area contributed by atoms with Crippen molar-refractivity contribution in [3.63, 3.8) is 0 Å². The number of carbonyl (C=O) groups excluding carboxylic acids is 1. The normalized spacial score (nSPS) is 19.3. The average molecular weight is 356 g/mol. The molecule has 3 rings (SSSR count). The Labute approximate surface area is 151 Å². The molecule has 1 aliphatic heterocycles. The molecule has 7 nitrogen and oxygen atoms in total. The predicted octanol–water partition coefficient (Wildman–Crippen LogP) is 1.97. The van der Waals surface area contributed by atoms with Crippen LogP contribution in [0.4, 0.5) is 0 Å². The van der Waals surface area contributed by atoms with Gasteiger partial charge in [0, 0.05) is 38.0 Å². The van der Waals surface area contributed by atoms with Gasteiger partial charge in [0.2, 0.25) is 0 Å². The lowest BCUT2D eigenvalue weighted by Crippen LogP contribution is -2.40. The second kappa shape index (κ2) is 7.97. The predicted molar refractivity (Wildman–Crippen MR) is 92.9 cm³/mol. The van der Waals surface area contributed by atoms with Crippen molar-refractivity contribution < 1.29 is 24.2 Å². The Balaban J connectivity index is 1.65. The minimum Gasteiger partial charge on any atom is -0.489 e. The number of amides is 1. The van der Waals surface area contributed by atoms with Gasteiger partial charge in [0.15, 0.2) is 0 Å². The molecule has 2 atom stereocenters. The first-order valence-electron chi connectivity index (χ1n) is 8.27. The fraction of sp³-hybridized carbons (Fsp3) is 0.316. The average Bonchev–Trinajstić information content (AvgIpc) is 3.12. The van der Waals surface area contributed by atoms with Crippen molar-refractivity contribution in [1.82, 2.24) is 9.88 Å². The van der Waals surface area contributed by atoms with Crippen LogP contribution in [0, 0.1) is 0 Å². The Bertz CT molecular complexity index is 763. The first-order chi connectivity index (χ1) is 12.6. The summed E-state index contributed by atoms with van der Waals surface area (Å²) in [6.07, 6.45) is 3.43. The van der Waals surface area contributed by atoms with E-state index in [0.717, 1.165) is 5.56 Å². The van der Waals surface area contributed by atoms with Crippen molar-refractivity contribution in [3.8, 4) is 5.75 Å². The number of ether oxygens (including phenoxy) is 2. The summed E-state index contributed by atoms with van der Waals surface area (Å²) in [7, 11) is 1.52. The van der Waals surface area contributed by atoms with E-state index in [1.807, 2.05) is 12.1 Å². The van der Waals surface area contributed by atoms with E-state index >= 15 is 0 Å². The zero-order chi connectivity index (χ0) is 18.5. The highest BCUT2D eigenvalue weighted by atomic mass is 16.5. The second-order valence-corrected chi connectivity index (χ2v) is 6.07. The van der Waals surface area contributed by atoms with Crippen LogP contribution in [-0.2, 0) is 16.1 Å². The summed E-state index contributed by atoms with van der Waals surface area (Å²) >= 11 is 0. The molecular formula is C19H20N2O5. The van der Waals surface area contributed by atoms with Crippen molar-refractivity contribution in [2.45, 2.75) is 25.2 Å². The van der Waals surface area contributed by atoms with Crippen molar-refractivity contribution >= 4 is 11.9 Å². The number of aromatic nitrogens is 1. The molecular weight excluding hydrogens is 336 g/mol. The lowest BCUT2D eigenvalue weighted by Gasteiger charge is -2.21. The topological polar surface area (TPSA) is 89.0 Å².